The lowest BCUT2D eigenvalue weighted by Crippen LogP contribution is -2.38. The molecule has 1 aliphatic heterocycles. The molecule has 0 aliphatic carbocycles. The molecule has 1 atom stereocenters. The van der Waals surface area contributed by atoms with Crippen molar-refractivity contribution < 1.29 is 0 Å². The Morgan fingerprint density at radius 2 is 2.53 bits per heavy atom. The van der Waals surface area contributed by atoms with E-state index in [0.29, 0.717) is 6.04 Å². The SMILES string of the molecule is CCc1ccnc(NC2CCCNC2)n1. The van der Waals surface area contributed by atoms with Gasteiger partial charge in [0, 0.05) is 24.5 Å². The predicted octanol–water partition coefficient (Wildman–Crippen LogP) is 1.20. The minimum absolute atomic E-state index is 0.478. The zero-order chi connectivity index (χ0) is 10.5. The Balaban J connectivity index is 1.96. The number of hydrogen-bond acceptors (Lipinski definition) is 4. The second kappa shape index (κ2) is 5.07. The van der Waals surface area contributed by atoms with Crippen LogP contribution in [0.1, 0.15) is 25.5 Å². The summed E-state index contributed by atoms with van der Waals surface area (Å²) >= 11 is 0. The van der Waals surface area contributed by atoms with Crippen LogP contribution in [-0.2, 0) is 6.42 Å². The van der Waals surface area contributed by atoms with Gasteiger partial charge < -0.3 is 10.6 Å². The summed E-state index contributed by atoms with van der Waals surface area (Å²) in [6, 6.07) is 2.44. The van der Waals surface area contributed by atoms with Gasteiger partial charge in [0.05, 0.1) is 0 Å². The molecule has 1 unspecified atom stereocenters. The zero-order valence-electron chi connectivity index (χ0n) is 9.16. The third-order valence-corrected chi connectivity index (χ3v) is 2.71. The van der Waals surface area contributed by atoms with Gasteiger partial charge in [-0.2, -0.15) is 0 Å². The molecule has 1 aromatic heterocycles. The average Bonchev–Trinajstić information content (AvgIpc) is 2.31. The van der Waals surface area contributed by atoms with Gasteiger partial charge in [0.2, 0.25) is 5.95 Å². The lowest BCUT2D eigenvalue weighted by molar-refractivity contribution is 0.478. The normalized spacial score (nSPS) is 21.3. The fourth-order valence-electron chi connectivity index (χ4n) is 1.82. The van der Waals surface area contributed by atoms with E-state index in [9.17, 15) is 0 Å². The third-order valence-electron chi connectivity index (χ3n) is 2.71. The number of hydrogen-bond donors (Lipinski definition) is 2. The van der Waals surface area contributed by atoms with E-state index in [1.54, 1.807) is 0 Å². The molecule has 0 aromatic carbocycles. The van der Waals surface area contributed by atoms with Crippen LogP contribution in [0.25, 0.3) is 0 Å². The van der Waals surface area contributed by atoms with Gasteiger partial charge >= 0.3 is 0 Å². The summed E-state index contributed by atoms with van der Waals surface area (Å²) in [6.45, 7) is 4.25. The fraction of sp³-hybridized carbons (Fsp3) is 0.636. The number of nitrogens with zero attached hydrogens (tertiary/aromatic N) is 2. The van der Waals surface area contributed by atoms with Gasteiger partial charge in [-0.15, -0.1) is 0 Å². The molecular formula is C11H18N4. The van der Waals surface area contributed by atoms with Crippen LogP contribution in [0.4, 0.5) is 5.95 Å². The Morgan fingerprint density at radius 3 is 3.27 bits per heavy atom. The molecule has 4 heteroatoms. The monoisotopic (exact) mass is 206 g/mol. The van der Waals surface area contributed by atoms with Gasteiger partial charge in [-0.3, -0.25) is 0 Å². The van der Waals surface area contributed by atoms with Crippen LogP contribution in [0.15, 0.2) is 12.3 Å². The number of piperidine rings is 1. The van der Waals surface area contributed by atoms with Crippen LogP contribution in [0.2, 0.25) is 0 Å². The third kappa shape index (κ3) is 2.89. The second-order valence-corrected chi connectivity index (χ2v) is 3.91. The Bertz CT molecular complexity index is 307. The number of aryl methyl sites for hydroxylation is 1. The summed E-state index contributed by atoms with van der Waals surface area (Å²) in [5, 5.41) is 6.74. The lowest BCUT2D eigenvalue weighted by atomic mass is 10.1. The number of rotatable bonds is 3. The van der Waals surface area contributed by atoms with Gasteiger partial charge in [0.25, 0.3) is 0 Å². The van der Waals surface area contributed by atoms with Crippen molar-refractivity contribution in [3.63, 3.8) is 0 Å². The Labute approximate surface area is 90.5 Å². The Kier molecular flexibility index (Phi) is 3.50. The van der Waals surface area contributed by atoms with Crippen molar-refractivity contribution in [2.45, 2.75) is 32.2 Å². The van der Waals surface area contributed by atoms with Crippen LogP contribution >= 0.6 is 0 Å². The maximum absolute atomic E-state index is 4.44. The Morgan fingerprint density at radius 1 is 1.60 bits per heavy atom. The van der Waals surface area contributed by atoms with Crippen LogP contribution in [0.3, 0.4) is 0 Å². The first kappa shape index (κ1) is 10.4. The molecule has 1 aliphatic rings. The van der Waals surface area contributed by atoms with Crippen molar-refractivity contribution >= 4 is 5.95 Å². The molecule has 4 nitrogen and oxygen atoms in total. The predicted molar refractivity (Wildman–Crippen MR) is 60.9 cm³/mol. The maximum Gasteiger partial charge on any atom is 0.223 e. The largest absolute Gasteiger partial charge is 0.350 e. The first-order valence-electron chi connectivity index (χ1n) is 5.67. The van der Waals surface area contributed by atoms with Crippen LogP contribution in [-0.4, -0.2) is 29.1 Å². The molecule has 1 saturated heterocycles. The number of aromatic nitrogens is 2. The van der Waals surface area contributed by atoms with Crippen LogP contribution < -0.4 is 10.6 Å². The molecule has 15 heavy (non-hydrogen) atoms. The Hall–Kier alpha value is -1.16. The fourth-order valence-corrected chi connectivity index (χ4v) is 1.82. The van der Waals surface area contributed by atoms with E-state index in [2.05, 4.69) is 27.5 Å². The maximum atomic E-state index is 4.44. The smallest absolute Gasteiger partial charge is 0.223 e. The summed E-state index contributed by atoms with van der Waals surface area (Å²) < 4.78 is 0. The van der Waals surface area contributed by atoms with Gasteiger partial charge in [0.1, 0.15) is 0 Å². The molecule has 0 spiro atoms. The first-order chi connectivity index (χ1) is 7.38. The average molecular weight is 206 g/mol. The van der Waals surface area contributed by atoms with Gasteiger partial charge in [-0.05, 0) is 31.9 Å². The van der Waals surface area contributed by atoms with Crippen LogP contribution in [0.5, 0.6) is 0 Å². The molecule has 0 saturated carbocycles. The van der Waals surface area contributed by atoms with E-state index in [4.69, 9.17) is 0 Å². The summed E-state index contributed by atoms with van der Waals surface area (Å²) in [7, 11) is 0. The zero-order valence-corrected chi connectivity index (χ0v) is 9.16. The second-order valence-electron chi connectivity index (χ2n) is 3.91. The molecule has 2 N–H and O–H groups in total. The molecule has 2 heterocycles. The van der Waals surface area contributed by atoms with Crippen molar-refractivity contribution in [1.82, 2.24) is 15.3 Å². The van der Waals surface area contributed by atoms with E-state index in [1.165, 1.54) is 12.8 Å². The minimum atomic E-state index is 0.478. The van der Waals surface area contributed by atoms with E-state index < -0.39 is 0 Å². The molecule has 82 valence electrons. The first-order valence-corrected chi connectivity index (χ1v) is 5.67. The van der Waals surface area contributed by atoms with E-state index in [0.717, 1.165) is 31.2 Å². The number of anilines is 1. The highest BCUT2D eigenvalue weighted by Crippen LogP contribution is 2.08. The highest BCUT2D eigenvalue weighted by molar-refractivity contribution is 5.27. The molecule has 0 bridgehead atoms. The lowest BCUT2D eigenvalue weighted by Gasteiger charge is -2.23. The van der Waals surface area contributed by atoms with Crippen LogP contribution in [0, 0.1) is 0 Å². The van der Waals surface area contributed by atoms with Crippen molar-refractivity contribution in [1.29, 1.82) is 0 Å². The molecule has 1 aromatic rings. The van der Waals surface area contributed by atoms with Crippen molar-refractivity contribution in [2.75, 3.05) is 18.4 Å². The molecular weight excluding hydrogens is 188 g/mol. The summed E-state index contributed by atoms with van der Waals surface area (Å²) in [4.78, 5) is 8.67. The molecule has 0 amide bonds. The van der Waals surface area contributed by atoms with Gasteiger partial charge in [-0.1, -0.05) is 6.92 Å². The molecule has 2 rings (SSSR count). The van der Waals surface area contributed by atoms with E-state index in [1.807, 2.05) is 12.3 Å². The van der Waals surface area contributed by atoms with E-state index >= 15 is 0 Å². The summed E-state index contributed by atoms with van der Waals surface area (Å²) in [5.41, 5.74) is 1.09. The van der Waals surface area contributed by atoms with Crippen molar-refractivity contribution in [3.05, 3.63) is 18.0 Å². The molecule has 1 fully saturated rings. The standard InChI is InChI=1S/C11H18N4/c1-2-9-5-7-13-11(14-9)15-10-4-3-6-12-8-10/h5,7,10,12H,2-4,6,8H2,1H3,(H,13,14,15). The van der Waals surface area contributed by atoms with Gasteiger partial charge in [0.15, 0.2) is 0 Å². The quantitative estimate of drug-likeness (QED) is 0.780. The molecule has 0 radical (unpaired) electrons. The summed E-state index contributed by atoms with van der Waals surface area (Å²) in [5.74, 6) is 0.767. The van der Waals surface area contributed by atoms with E-state index in [-0.39, 0.29) is 0 Å². The minimum Gasteiger partial charge on any atom is -0.350 e. The highest BCUT2D eigenvalue weighted by atomic mass is 15.1. The van der Waals surface area contributed by atoms with Gasteiger partial charge in [-0.25, -0.2) is 9.97 Å². The van der Waals surface area contributed by atoms with Crippen molar-refractivity contribution in [2.24, 2.45) is 0 Å². The number of nitrogens with one attached hydrogen (secondary N) is 2. The highest BCUT2D eigenvalue weighted by Gasteiger charge is 2.13. The van der Waals surface area contributed by atoms with Crippen molar-refractivity contribution in [3.8, 4) is 0 Å². The summed E-state index contributed by atoms with van der Waals surface area (Å²) in [6.07, 6.45) is 5.21. The topological polar surface area (TPSA) is 49.8 Å².